The maximum atomic E-state index is 14.0. The summed E-state index contributed by atoms with van der Waals surface area (Å²) in [5, 5.41) is 7.26. The third-order valence-electron chi connectivity index (χ3n) is 6.26. The topological polar surface area (TPSA) is 59.4 Å². The average Bonchev–Trinajstić information content (AvgIpc) is 3.26. The molecule has 0 saturated heterocycles. The van der Waals surface area contributed by atoms with Gasteiger partial charge in [0, 0.05) is 24.7 Å². The second-order valence-corrected chi connectivity index (χ2v) is 8.32. The number of rotatable bonds is 3. The minimum atomic E-state index is -4.52. The van der Waals surface area contributed by atoms with Crippen LogP contribution in [-0.4, -0.2) is 35.5 Å². The number of anilines is 2. The van der Waals surface area contributed by atoms with E-state index in [9.17, 15) is 18.0 Å². The van der Waals surface area contributed by atoms with E-state index in [1.807, 2.05) is 24.3 Å². The van der Waals surface area contributed by atoms with Crippen molar-refractivity contribution in [3.05, 3.63) is 71.4 Å². The molecule has 2 aliphatic heterocycles. The molecule has 1 aromatic heterocycles. The Morgan fingerprint density at radius 2 is 1.97 bits per heavy atom. The number of ether oxygens (including phenoxy) is 1. The molecule has 0 spiro atoms. The van der Waals surface area contributed by atoms with Crippen molar-refractivity contribution >= 4 is 17.4 Å². The van der Waals surface area contributed by atoms with E-state index in [-0.39, 0.29) is 17.9 Å². The van der Waals surface area contributed by atoms with Gasteiger partial charge in [0.05, 0.1) is 13.2 Å². The van der Waals surface area contributed by atoms with E-state index in [1.54, 1.807) is 29.2 Å². The zero-order valence-electron chi connectivity index (χ0n) is 18.0. The second-order valence-electron chi connectivity index (χ2n) is 8.32. The molecule has 6 nitrogen and oxygen atoms in total. The smallest absolute Gasteiger partial charge is 0.410 e. The van der Waals surface area contributed by atoms with Gasteiger partial charge in [-0.1, -0.05) is 30.3 Å². The summed E-state index contributed by atoms with van der Waals surface area (Å²) in [5.74, 6) is 0.339. The Hall–Kier alpha value is -3.49. The van der Waals surface area contributed by atoms with Crippen molar-refractivity contribution in [1.82, 2.24) is 9.78 Å². The van der Waals surface area contributed by atoms with Crippen LogP contribution in [-0.2, 0) is 6.42 Å². The number of hydrogen-bond acceptors (Lipinski definition) is 4. The Labute approximate surface area is 189 Å². The Morgan fingerprint density at radius 1 is 1.15 bits per heavy atom. The van der Waals surface area contributed by atoms with Gasteiger partial charge in [0.2, 0.25) is 0 Å². The minimum absolute atomic E-state index is 0.00487. The lowest BCUT2D eigenvalue weighted by atomic mass is 9.97. The van der Waals surface area contributed by atoms with Gasteiger partial charge in [-0.25, -0.2) is 4.68 Å². The third kappa shape index (κ3) is 3.92. The van der Waals surface area contributed by atoms with Gasteiger partial charge in [-0.15, -0.1) is 0 Å². The molecule has 3 aromatic rings. The minimum Gasteiger partial charge on any atom is -0.497 e. The van der Waals surface area contributed by atoms with Gasteiger partial charge in [0.25, 0.3) is 5.91 Å². The molecule has 33 heavy (non-hydrogen) atoms. The first kappa shape index (κ1) is 21.4. The van der Waals surface area contributed by atoms with Crippen LogP contribution in [0.2, 0.25) is 0 Å². The number of aryl methyl sites for hydroxylation is 1. The van der Waals surface area contributed by atoms with Crippen LogP contribution in [0.1, 0.15) is 46.5 Å². The van der Waals surface area contributed by atoms with E-state index in [4.69, 9.17) is 4.74 Å². The molecular weight excluding hydrogens is 433 g/mol. The Kier molecular flexibility index (Phi) is 5.26. The van der Waals surface area contributed by atoms with Crippen LogP contribution >= 0.6 is 0 Å². The number of alkyl halides is 3. The highest BCUT2D eigenvalue weighted by Crippen LogP contribution is 2.44. The number of methoxy groups -OCH3 is 1. The summed E-state index contributed by atoms with van der Waals surface area (Å²) in [6.07, 6.45) is -3.11. The number of halogens is 3. The summed E-state index contributed by atoms with van der Waals surface area (Å²) in [7, 11) is 1.51. The molecule has 0 unspecified atom stereocenters. The van der Waals surface area contributed by atoms with Crippen LogP contribution in [0, 0.1) is 0 Å². The van der Waals surface area contributed by atoms with Crippen molar-refractivity contribution in [1.29, 1.82) is 0 Å². The van der Waals surface area contributed by atoms with Gasteiger partial charge in [0.15, 0.2) is 11.7 Å². The molecule has 0 radical (unpaired) electrons. The van der Waals surface area contributed by atoms with Crippen molar-refractivity contribution in [2.45, 2.75) is 37.5 Å². The molecule has 1 amide bonds. The third-order valence-corrected chi connectivity index (χ3v) is 6.26. The summed E-state index contributed by atoms with van der Waals surface area (Å²) in [6, 6.07) is 13.5. The molecule has 172 valence electrons. The van der Waals surface area contributed by atoms with E-state index < -0.39 is 24.2 Å². The first-order chi connectivity index (χ1) is 15.8. The normalized spacial score (nSPS) is 19.9. The van der Waals surface area contributed by atoms with Crippen LogP contribution in [0.3, 0.4) is 0 Å². The van der Waals surface area contributed by atoms with E-state index in [0.29, 0.717) is 17.9 Å². The molecule has 2 atom stereocenters. The van der Waals surface area contributed by atoms with E-state index in [0.717, 1.165) is 28.8 Å². The van der Waals surface area contributed by atoms with Gasteiger partial charge in [0.1, 0.15) is 11.6 Å². The number of benzene rings is 2. The molecule has 2 aromatic carbocycles. The van der Waals surface area contributed by atoms with Gasteiger partial charge in [-0.05, 0) is 42.2 Å². The van der Waals surface area contributed by atoms with Crippen LogP contribution in [0.25, 0.3) is 0 Å². The highest BCUT2D eigenvalue weighted by molar-refractivity contribution is 6.06. The second kappa shape index (κ2) is 8.13. The summed E-state index contributed by atoms with van der Waals surface area (Å²) in [5.41, 5.74) is 2.50. The Balaban J connectivity index is 1.50. The van der Waals surface area contributed by atoms with Crippen LogP contribution in [0.4, 0.5) is 24.7 Å². The monoisotopic (exact) mass is 456 g/mol. The number of nitrogens with one attached hydrogen (secondary N) is 1. The first-order valence-electron chi connectivity index (χ1n) is 10.8. The number of nitrogens with zero attached hydrogens (tertiary/aromatic N) is 3. The molecule has 1 N–H and O–H groups in total. The van der Waals surface area contributed by atoms with Gasteiger partial charge in [-0.2, -0.15) is 18.3 Å². The maximum absolute atomic E-state index is 14.0. The highest BCUT2D eigenvalue weighted by atomic mass is 19.4. The SMILES string of the molecule is COc1cccc([C@H]2C[C@H](C(F)(F)F)n3nc(C(=O)N4CCCc5ccccc54)cc3N2)c1. The fraction of sp³-hybridized carbons (Fsp3) is 0.333. The lowest BCUT2D eigenvalue weighted by molar-refractivity contribution is -0.173. The Morgan fingerprint density at radius 3 is 2.76 bits per heavy atom. The summed E-state index contributed by atoms with van der Waals surface area (Å²) in [4.78, 5) is 14.9. The number of amides is 1. The maximum Gasteiger partial charge on any atom is 0.410 e. The number of para-hydroxylation sites is 1. The molecular formula is C24H23F3N4O2. The fourth-order valence-corrected chi connectivity index (χ4v) is 4.64. The summed E-state index contributed by atoms with van der Waals surface area (Å²) >= 11 is 0. The molecule has 5 rings (SSSR count). The zero-order valence-corrected chi connectivity index (χ0v) is 18.0. The van der Waals surface area contributed by atoms with Gasteiger partial charge in [-0.3, -0.25) is 4.79 Å². The van der Waals surface area contributed by atoms with Gasteiger partial charge < -0.3 is 15.0 Å². The zero-order chi connectivity index (χ0) is 23.2. The van der Waals surface area contributed by atoms with Crippen LogP contribution < -0.4 is 15.0 Å². The van der Waals surface area contributed by atoms with Crippen molar-refractivity contribution in [2.75, 3.05) is 23.9 Å². The van der Waals surface area contributed by atoms with Crippen LogP contribution in [0.5, 0.6) is 5.75 Å². The van der Waals surface area contributed by atoms with Gasteiger partial charge >= 0.3 is 6.18 Å². The van der Waals surface area contributed by atoms with E-state index >= 15 is 0 Å². The summed E-state index contributed by atoms with van der Waals surface area (Å²) < 4.78 is 48.1. The van der Waals surface area contributed by atoms with E-state index in [2.05, 4.69) is 10.4 Å². The van der Waals surface area contributed by atoms with Crippen molar-refractivity contribution in [3.8, 4) is 5.75 Å². The lowest BCUT2D eigenvalue weighted by Crippen LogP contribution is -2.37. The number of carbonyl (C=O) groups excluding carboxylic acids is 1. The molecule has 2 aliphatic rings. The number of aromatic nitrogens is 2. The van der Waals surface area contributed by atoms with Crippen molar-refractivity contribution < 1.29 is 22.7 Å². The summed E-state index contributed by atoms with van der Waals surface area (Å²) in [6.45, 7) is 0.501. The molecule has 0 fully saturated rings. The van der Waals surface area contributed by atoms with E-state index in [1.165, 1.54) is 13.2 Å². The first-order valence-corrected chi connectivity index (χ1v) is 10.8. The number of carbonyl (C=O) groups is 1. The molecule has 0 saturated carbocycles. The molecule has 3 heterocycles. The van der Waals surface area contributed by atoms with Crippen LogP contribution in [0.15, 0.2) is 54.6 Å². The lowest BCUT2D eigenvalue weighted by Gasteiger charge is -2.33. The standard InChI is InChI=1S/C24H23F3N4O2/c1-33-17-9-4-7-16(12-17)18-13-21(24(25,26)27)31-22(28-18)14-19(29-31)23(32)30-11-5-8-15-6-2-3-10-20(15)30/h2-4,6-7,9-10,12,14,18,21,28H,5,8,11,13H2,1H3/t18-,21-/m1/s1. The number of fused-ring (bicyclic) bond motifs is 2. The van der Waals surface area contributed by atoms with Crippen molar-refractivity contribution in [3.63, 3.8) is 0 Å². The highest BCUT2D eigenvalue weighted by Gasteiger charge is 2.47. The predicted octanol–water partition coefficient (Wildman–Crippen LogP) is 5.15. The Bertz CT molecular complexity index is 1190. The largest absolute Gasteiger partial charge is 0.497 e. The fourth-order valence-electron chi connectivity index (χ4n) is 4.64. The van der Waals surface area contributed by atoms with Crippen molar-refractivity contribution in [2.24, 2.45) is 0 Å². The molecule has 0 bridgehead atoms. The molecule has 0 aliphatic carbocycles. The quantitative estimate of drug-likeness (QED) is 0.593. The average molecular weight is 456 g/mol. The molecule has 9 heteroatoms. The number of hydrogen-bond donors (Lipinski definition) is 1. The predicted molar refractivity (Wildman–Crippen MR) is 118 cm³/mol.